The molecular formula is C31H29ClN2O5S. The van der Waals surface area contributed by atoms with Crippen molar-refractivity contribution in [2.75, 3.05) is 6.61 Å². The SMILES string of the molecule is CCOC(=O)c1ccc(OC2CC3CCC(C2)N3C(=O)c2ccc(CSc3nc4ccc(Cl)cc4o3)cc2)cc1. The smallest absolute Gasteiger partial charge is 0.338 e. The Kier molecular flexibility index (Phi) is 7.71. The number of halogens is 1. The van der Waals surface area contributed by atoms with Crippen molar-refractivity contribution in [1.82, 2.24) is 9.88 Å². The fourth-order valence-corrected chi connectivity index (χ4v) is 6.56. The summed E-state index contributed by atoms with van der Waals surface area (Å²) >= 11 is 7.55. The number of hydrogen-bond donors (Lipinski definition) is 0. The summed E-state index contributed by atoms with van der Waals surface area (Å²) in [5.74, 6) is 1.16. The zero-order chi connectivity index (χ0) is 27.6. The Labute approximate surface area is 241 Å². The van der Waals surface area contributed by atoms with Crippen molar-refractivity contribution in [3.8, 4) is 5.75 Å². The summed E-state index contributed by atoms with van der Waals surface area (Å²) in [5, 5.41) is 1.21. The first-order valence-corrected chi connectivity index (χ1v) is 14.9. The molecule has 0 saturated carbocycles. The van der Waals surface area contributed by atoms with Gasteiger partial charge in [-0.15, -0.1) is 0 Å². The van der Waals surface area contributed by atoms with E-state index in [0.717, 1.165) is 42.5 Å². The minimum Gasteiger partial charge on any atom is -0.490 e. The van der Waals surface area contributed by atoms with E-state index in [0.29, 0.717) is 39.3 Å². The molecule has 0 radical (unpaired) electrons. The van der Waals surface area contributed by atoms with Gasteiger partial charge in [0.25, 0.3) is 11.1 Å². The second-order valence-electron chi connectivity index (χ2n) is 10.1. The second-order valence-corrected chi connectivity index (χ2v) is 11.5. The van der Waals surface area contributed by atoms with Crippen molar-refractivity contribution >= 4 is 46.3 Å². The molecule has 2 unspecified atom stereocenters. The number of esters is 1. The molecule has 2 saturated heterocycles. The number of oxazole rings is 1. The summed E-state index contributed by atoms with van der Waals surface area (Å²) in [6.07, 6.45) is 3.61. The van der Waals surface area contributed by atoms with Gasteiger partial charge in [-0.25, -0.2) is 9.78 Å². The summed E-state index contributed by atoms with van der Waals surface area (Å²) < 4.78 is 17.1. The van der Waals surface area contributed by atoms with E-state index in [1.807, 2.05) is 42.5 Å². The highest BCUT2D eigenvalue weighted by Crippen LogP contribution is 2.38. The Hall–Kier alpha value is -3.49. The Bertz CT molecular complexity index is 1510. The van der Waals surface area contributed by atoms with Gasteiger partial charge in [-0.2, -0.15) is 0 Å². The molecule has 9 heteroatoms. The van der Waals surface area contributed by atoms with E-state index in [9.17, 15) is 9.59 Å². The maximum Gasteiger partial charge on any atom is 0.338 e. The van der Waals surface area contributed by atoms with E-state index >= 15 is 0 Å². The van der Waals surface area contributed by atoms with Gasteiger partial charge in [0, 0.05) is 47.3 Å². The maximum atomic E-state index is 13.5. The molecule has 206 valence electrons. The number of amides is 1. The van der Waals surface area contributed by atoms with Crippen LogP contribution in [0.2, 0.25) is 5.02 Å². The van der Waals surface area contributed by atoms with Gasteiger partial charge in [-0.1, -0.05) is 35.5 Å². The van der Waals surface area contributed by atoms with Crippen molar-refractivity contribution in [2.45, 2.75) is 61.8 Å². The highest BCUT2D eigenvalue weighted by atomic mass is 35.5. The minimum absolute atomic E-state index is 0.0391. The van der Waals surface area contributed by atoms with E-state index in [-0.39, 0.29) is 30.1 Å². The lowest BCUT2D eigenvalue weighted by atomic mass is 9.98. The van der Waals surface area contributed by atoms with Crippen LogP contribution >= 0.6 is 23.4 Å². The number of fused-ring (bicyclic) bond motifs is 3. The lowest BCUT2D eigenvalue weighted by Gasteiger charge is -2.39. The Morgan fingerprint density at radius 1 is 1.00 bits per heavy atom. The number of benzene rings is 3. The quantitative estimate of drug-likeness (QED) is 0.162. The maximum absolute atomic E-state index is 13.5. The molecular weight excluding hydrogens is 548 g/mol. The van der Waals surface area contributed by atoms with Gasteiger partial charge >= 0.3 is 5.97 Å². The molecule has 1 aromatic heterocycles. The van der Waals surface area contributed by atoms with Crippen LogP contribution in [0.1, 0.15) is 58.9 Å². The van der Waals surface area contributed by atoms with Gasteiger partial charge in [-0.3, -0.25) is 4.79 Å². The lowest BCUT2D eigenvalue weighted by molar-refractivity contribution is 0.0359. The van der Waals surface area contributed by atoms with E-state index < -0.39 is 0 Å². The fourth-order valence-electron chi connectivity index (χ4n) is 5.61. The molecule has 2 aliphatic rings. The van der Waals surface area contributed by atoms with Crippen molar-refractivity contribution in [3.05, 3.63) is 88.4 Å². The average Bonchev–Trinajstić information content (AvgIpc) is 3.49. The zero-order valence-corrected chi connectivity index (χ0v) is 23.6. The predicted molar refractivity (Wildman–Crippen MR) is 154 cm³/mol. The lowest BCUT2D eigenvalue weighted by Crippen LogP contribution is -2.49. The van der Waals surface area contributed by atoms with Crippen molar-refractivity contribution < 1.29 is 23.5 Å². The van der Waals surface area contributed by atoms with Crippen LogP contribution in [0.3, 0.4) is 0 Å². The van der Waals surface area contributed by atoms with E-state index in [2.05, 4.69) is 9.88 Å². The number of thioether (sulfide) groups is 1. The molecule has 2 fully saturated rings. The number of nitrogens with zero attached hydrogens (tertiary/aromatic N) is 2. The molecule has 0 aliphatic carbocycles. The van der Waals surface area contributed by atoms with Crippen LogP contribution in [0.15, 0.2) is 76.4 Å². The van der Waals surface area contributed by atoms with E-state index in [1.54, 1.807) is 31.2 Å². The summed E-state index contributed by atoms with van der Waals surface area (Å²) in [6, 6.07) is 20.6. The molecule has 40 heavy (non-hydrogen) atoms. The van der Waals surface area contributed by atoms with E-state index in [4.69, 9.17) is 25.5 Å². The number of carbonyl (C=O) groups is 2. The number of carbonyl (C=O) groups excluding carboxylic acids is 2. The third-order valence-corrected chi connectivity index (χ3v) is 8.62. The van der Waals surface area contributed by atoms with Crippen LogP contribution in [-0.2, 0) is 10.5 Å². The highest BCUT2D eigenvalue weighted by molar-refractivity contribution is 7.98. The van der Waals surface area contributed by atoms with Gasteiger partial charge < -0.3 is 18.8 Å². The van der Waals surface area contributed by atoms with Crippen molar-refractivity contribution in [2.24, 2.45) is 0 Å². The van der Waals surface area contributed by atoms with Gasteiger partial charge in [0.15, 0.2) is 5.58 Å². The second kappa shape index (κ2) is 11.6. The standard InChI is InChI=1S/C31H29ClN2O5S/c1-2-37-30(36)21-7-12-25(13-8-21)38-26-16-23-10-11-24(17-26)34(23)29(35)20-5-3-19(4-6-20)18-40-31-33-27-14-9-22(32)15-28(27)39-31/h3-9,12-15,23-24,26H,2,10-11,16-18H2,1H3. The molecule has 0 spiro atoms. The summed E-state index contributed by atoms with van der Waals surface area (Å²) in [5.41, 5.74) is 3.76. The molecule has 1 amide bonds. The van der Waals surface area contributed by atoms with Crippen LogP contribution in [0.25, 0.3) is 11.1 Å². The van der Waals surface area contributed by atoms with Crippen LogP contribution < -0.4 is 4.74 Å². The summed E-state index contributed by atoms with van der Waals surface area (Å²) in [6.45, 7) is 2.13. The number of aromatic nitrogens is 1. The fraction of sp³-hybridized carbons (Fsp3) is 0.323. The molecule has 2 aliphatic heterocycles. The van der Waals surface area contributed by atoms with Crippen LogP contribution in [0.4, 0.5) is 0 Å². The highest BCUT2D eigenvalue weighted by Gasteiger charge is 2.44. The molecule has 3 heterocycles. The third kappa shape index (κ3) is 5.69. The monoisotopic (exact) mass is 576 g/mol. The van der Waals surface area contributed by atoms with Crippen LogP contribution in [0.5, 0.6) is 5.75 Å². The normalized spacial score (nSPS) is 20.1. The van der Waals surface area contributed by atoms with Crippen molar-refractivity contribution in [3.63, 3.8) is 0 Å². The molecule has 2 atom stereocenters. The predicted octanol–water partition coefficient (Wildman–Crippen LogP) is 7.16. The Morgan fingerprint density at radius 2 is 1.70 bits per heavy atom. The summed E-state index contributed by atoms with van der Waals surface area (Å²) in [7, 11) is 0. The Balaban J connectivity index is 1.04. The largest absolute Gasteiger partial charge is 0.490 e. The van der Waals surface area contributed by atoms with Gasteiger partial charge in [0.2, 0.25) is 0 Å². The van der Waals surface area contributed by atoms with E-state index in [1.165, 1.54) is 11.8 Å². The molecule has 2 bridgehead atoms. The Morgan fingerprint density at radius 3 is 2.40 bits per heavy atom. The van der Waals surface area contributed by atoms with Crippen LogP contribution in [-0.4, -0.2) is 46.6 Å². The summed E-state index contributed by atoms with van der Waals surface area (Å²) in [4.78, 5) is 32.0. The molecule has 3 aromatic carbocycles. The zero-order valence-electron chi connectivity index (χ0n) is 22.0. The average molecular weight is 577 g/mol. The topological polar surface area (TPSA) is 81.9 Å². The number of rotatable bonds is 8. The molecule has 4 aromatic rings. The first-order chi connectivity index (χ1) is 19.5. The van der Waals surface area contributed by atoms with Gasteiger partial charge in [-0.05, 0) is 73.9 Å². The minimum atomic E-state index is -0.334. The molecule has 7 nitrogen and oxygen atoms in total. The number of hydrogen-bond acceptors (Lipinski definition) is 7. The first-order valence-electron chi connectivity index (χ1n) is 13.5. The number of ether oxygens (including phenoxy) is 2. The van der Waals surface area contributed by atoms with Crippen molar-refractivity contribution in [1.29, 1.82) is 0 Å². The number of piperidine rings is 1. The first kappa shape index (κ1) is 26.7. The third-order valence-electron chi connectivity index (χ3n) is 7.49. The van der Waals surface area contributed by atoms with Crippen LogP contribution in [0, 0.1) is 0 Å². The van der Waals surface area contributed by atoms with Gasteiger partial charge in [0.05, 0.1) is 12.2 Å². The molecule has 0 N–H and O–H groups in total. The molecule has 6 rings (SSSR count). The van der Waals surface area contributed by atoms with Gasteiger partial charge in [0.1, 0.15) is 17.4 Å².